The predicted octanol–water partition coefficient (Wildman–Crippen LogP) is 5.78. The molecule has 2 aromatic rings. The Labute approximate surface area is 177 Å². The van der Waals surface area contributed by atoms with Crippen LogP contribution in [0.4, 0.5) is 29.3 Å². The van der Waals surface area contributed by atoms with Gasteiger partial charge in [0.25, 0.3) is 5.91 Å². The Kier molecular flexibility index (Phi) is 7.74. The number of nitrogens with one attached hydrogen (secondary N) is 3. The topological polar surface area (TPSA) is 79.5 Å². The lowest BCUT2D eigenvalue weighted by Gasteiger charge is -2.15. The first kappa shape index (κ1) is 22.8. The van der Waals surface area contributed by atoms with E-state index >= 15 is 0 Å². The van der Waals surface area contributed by atoms with Gasteiger partial charge in [-0.2, -0.15) is 0 Å². The molecule has 0 unspecified atom stereocenters. The molecule has 0 heterocycles. The second-order valence-corrected chi connectivity index (χ2v) is 7.10. The van der Waals surface area contributed by atoms with Crippen LogP contribution in [0.1, 0.15) is 23.7 Å². The first-order chi connectivity index (χ1) is 13.6. The summed E-state index contributed by atoms with van der Waals surface area (Å²) in [5, 5.41) is 7.81. The van der Waals surface area contributed by atoms with E-state index in [9.17, 15) is 22.8 Å². The molecule has 0 saturated heterocycles. The third kappa shape index (κ3) is 7.47. The Balaban J connectivity index is 2.27. The molecular formula is C18H16BrClF3N3O3. The maximum Gasteiger partial charge on any atom is 0.573 e. The van der Waals surface area contributed by atoms with Gasteiger partial charge < -0.3 is 20.7 Å². The molecule has 0 saturated carbocycles. The highest BCUT2D eigenvalue weighted by Gasteiger charge is 2.31. The molecule has 2 rings (SSSR count). The lowest BCUT2D eigenvalue weighted by atomic mass is 10.1. The lowest BCUT2D eigenvalue weighted by Crippen LogP contribution is -2.27. The van der Waals surface area contributed by atoms with Crippen molar-refractivity contribution in [3.05, 3.63) is 51.5 Å². The van der Waals surface area contributed by atoms with Crippen LogP contribution in [-0.4, -0.2) is 24.8 Å². The number of anilines is 2. The Morgan fingerprint density at radius 2 is 1.86 bits per heavy atom. The van der Waals surface area contributed by atoms with E-state index in [0.29, 0.717) is 28.1 Å². The molecule has 3 amide bonds. The number of amides is 3. The molecule has 3 N–H and O–H groups in total. The van der Waals surface area contributed by atoms with E-state index in [2.05, 4.69) is 36.6 Å². The number of benzene rings is 2. The standard InChI is InChI=1S/C18H16BrClF3N3O3/c1-2-5-24-16(27)14-4-3-13(29-18(21,22)23)9-15(14)26-17(28)25-12-7-10(19)6-11(20)8-12/h3-4,6-9H,2,5H2,1H3,(H,24,27)(H2,25,26,28). The molecule has 0 radical (unpaired) electrons. The molecule has 0 aliphatic heterocycles. The van der Waals surface area contributed by atoms with Crippen molar-refractivity contribution in [3.8, 4) is 5.75 Å². The van der Waals surface area contributed by atoms with Crippen LogP contribution in [0.3, 0.4) is 0 Å². The first-order valence-electron chi connectivity index (χ1n) is 8.29. The van der Waals surface area contributed by atoms with E-state index in [1.807, 2.05) is 6.92 Å². The van der Waals surface area contributed by atoms with Crippen molar-refractivity contribution in [1.82, 2.24) is 5.32 Å². The smallest absolute Gasteiger partial charge is 0.406 e. The highest BCUT2D eigenvalue weighted by molar-refractivity contribution is 9.10. The quantitative estimate of drug-likeness (QED) is 0.476. The molecule has 29 heavy (non-hydrogen) atoms. The van der Waals surface area contributed by atoms with E-state index < -0.39 is 24.1 Å². The Morgan fingerprint density at radius 1 is 1.14 bits per heavy atom. The Hall–Kier alpha value is -2.46. The van der Waals surface area contributed by atoms with Gasteiger partial charge >= 0.3 is 12.4 Å². The average molecular weight is 495 g/mol. The van der Waals surface area contributed by atoms with E-state index in [4.69, 9.17) is 11.6 Å². The van der Waals surface area contributed by atoms with Crippen LogP contribution in [0, 0.1) is 0 Å². The Bertz CT molecular complexity index is 889. The SMILES string of the molecule is CCCNC(=O)c1ccc(OC(F)(F)F)cc1NC(=O)Nc1cc(Cl)cc(Br)c1. The number of urea groups is 1. The fourth-order valence-electron chi connectivity index (χ4n) is 2.27. The molecule has 2 aromatic carbocycles. The minimum atomic E-state index is -4.92. The minimum Gasteiger partial charge on any atom is -0.406 e. The van der Waals surface area contributed by atoms with Crippen molar-refractivity contribution in [2.24, 2.45) is 0 Å². The van der Waals surface area contributed by atoms with Crippen molar-refractivity contribution in [2.75, 3.05) is 17.2 Å². The summed E-state index contributed by atoms with van der Waals surface area (Å²) < 4.78 is 42.0. The highest BCUT2D eigenvalue weighted by atomic mass is 79.9. The minimum absolute atomic E-state index is 0.0181. The van der Waals surface area contributed by atoms with Crippen molar-refractivity contribution in [3.63, 3.8) is 0 Å². The largest absolute Gasteiger partial charge is 0.573 e. The van der Waals surface area contributed by atoms with E-state index in [0.717, 1.165) is 18.2 Å². The zero-order valence-electron chi connectivity index (χ0n) is 15.0. The molecule has 0 aliphatic carbocycles. The van der Waals surface area contributed by atoms with Crippen molar-refractivity contribution in [2.45, 2.75) is 19.7 Å². The molecule has 0 bridgehead atoms. The number of ether oxygens (including phenoxy) is 1. The van der Waals surface area contributed by atoms with Crippen LogP contribution >= 0.6 is 27.5 Å². The van der Waals surface area contributed by atoms with Gasteiger partial charge in [0.15, 0.2) is 0 Å². The molecule has 0 fully saturated rings. The predicted molar refractivity (Wildman–Crippen MR) is 108 cm³/mol. The summed E-state index contributed by atoms with van der Waals surface area (Å²) in [6.45, 7) is 2.21. The molecule has 0 aliphatic rings. The number of halogens is 5. The molecule has 156 valence electrons. The summed E-state index contributed by atoms with van der Waals surface area (Å²) in [6.07, 6.45) is -4.26. The zero-order valence-corrected chi connectivity index (χ0v) is 17.3. The summed E-state index contributed by atoms with van der Waals surface area (Å²) in [5.41, 5.74) is 0.163. The van der Waals surface area contributed by atoms with Crippen LogP contribution in [0.15, 0.2) is 40.9 Å². The number of carbonyl (C=O) groups excluding carboxylic acids is 2. The van der Waals surface area contributed by atoms with Crippen LogP contribution in [-0.2, 0) is 0 Å². The van der Waals surface area contributed by atoms with E-state index in [-0.39, 0.29) is 11.3 Å². The summed E-state index contributed by atoms with van der Waals surface area (Å²) >= 11 is 9.14. The van der Waals surface area contributed by atoms with Gasteiger partial charge in [-0.1, -0.05) is 34.5 Å². The zero-order chi connectivity index (χ0) is 21.6. The lowest BCUT2D eigenvalue weighted by molar-refractivity contribution is -0.274. The normalized spacial score (nSPS) is 11.0. The van der Waals surface area contributed by atoms with Gasteiger partial charge in [0.05, 0.1) is 11.3 Å². The van der Waals surface area contributed by atoms with Crippen molar-refractivity contribution in [1.29, 1.82) is 0 Å². The van der Waals surface area contributed by atoms with Gasteiger partial charge in [-0.05, 0) is 36.8 Å². The first-order valence-corrected chi connectivity index (χ1v) is 9.46. The number of hydrogen-bond acceptors (Lipinski definition) is 3. The fourth-order valence-corrected chi connectivity index (χ4v) is 3.13. The number of carbonyl (C=O) groups is 2. The van der Waals surface area contributed by atoms with Gasteiger partial charge in [-0.15, -0.1) is 13.2 Å². The summed E-state index contributed by atoms with van der Waals surface area (Å²) in [5.74, 6) is -1.13. The molecular weight excluding hydrogens is 479 g/mol. The van der Waals surface area contributed by atoms with Crippen molar-refractivity contribution < 1.29 is 27.5 Å². The second kappa shape index (κ2) is 9.84. The molecule has 0 spiro atoms. The molecule has 0 aromatic heterocycles. The maximum atomic E-state index is 12.5. The molecule has 6 nitrogen and oxygen atoms in total. The van der Waals surface area contributed by atoms with Gasteiger partial charge in [0.1, 0.15) is 5.75 Å². The van der Waals surface area contributed by atoms with Gasteiger partial charge in [0.2, 0.25) is 0 Å². The monoisotopic (exact) mass is 493 g/mol. The summed E-state index contributed by atoms with van der Waals surface area (Å²) in [4.78, 5) is 24.6. The van der Waals surface area contributed by atoms with Gasteiger partial charge in [-0.25, -0.2) is 4.79 Å². The van der Waals surface area contributed by atoms with Crippen LogP contribution in [0.2, 0.25) is 5.02 Å². The third-order valence-electron chi connectivity index (χ3n) is 3.37. The highest BCUT2D eigenvalue weighted by Crippen LogP contribution is 2.28. The van der Waals surface area contributed by atoms with E-state index in [1.54, 1.807) is 12.1 Å². The number of rotatable bonds is 6. The van der Waals surface area contributed by atoms with Crippen LogP contribution in [0.5, 0.6) is 5.75 Å². The maximum absolute atomic E-state index is 12.5. The van der Waals surface area contributed by atoms with E-state index in [1.165, 1.54) is 6.07 Å². The van der Waals surface area contributed by atoms with Gasteiger partial charge in [0, 0.05) is 27.8 Å². The second-order valence-electron chi connectivity index (χ2n) is 5.75. The average Bonchev–Trinajstić information content (AvgIpc) is 2.57. The van der Waals surface area contributed by atoms with Gasteiger partial charge in [-0.3, -0.25) is 4.79 Å². The summed E-state index contributed by atoms with van der Waals surface area (Å²) in [6, 6.07) is 6.92. The number of alkyl halides is 3. The molecule has 0 atom stereocenters. The van der Waals surface area contributed by atoms with Crippen molar-refractivity contribution >= 4 is 50.8 Å². The third-order valence-corrected chi connectivity index (χ3v) is 4.05. The fraction of sp³-hybridized carbons (Fsp3) is 0.222. The van der Waals surface area contributed by atoms with Crippen LogP contribution in [0.25, 0.3) is 0 Å². The Morgan fingerprint density at radius 3 is 2.48 bits per heavy atom. The summed E-state index contributed by atoms with van der Waals surface area (Å²) in [7, 11) is 0. The molecule has 11 heteroatoms. The number of hydrogen-bond donors (Lipinski definition) is 3. The van der Waals surface area contributed by atoms with Crippen LogP contribution < -0.4 is 20.7 Å².